The number of hydrogen-bond acceptors (Lipinski definition) is 2. The zero-order chi connectivity index (χ0) is 17.2. The van der Waals surface area contributed by atoms with Gasteiger partial charge in [0.25, 0.3) is 0 Å². The molecule has 0 aromatic heterocycles. The summed E-state index contributed by atoms with van der Waals surface area (Å²) >= 11 is 3.51. The highest BCUT2D eigenvalue weighted by Gasteiger charge is 2.43. The summed E-state index contributed by atoms with van der Waals surface area (Å²) in [5, 5.41) is 9.42. The molecule has 1 N–H and O–H groups in total. The van der Waals surface area contributed by atoms with Gasteiger partial charge in [-0.25, -0.2) is 4.79 Å². The van der Waals surface area contributed by atoms with E-state index in [1.54, 1.807) is 4.90 Å². The lowest BCUT2D eigenvalue weighted by Crippen LogP contribution is -2.45. The molecule has 23 heavy (non-hydrogen) atoms. The average Bonchev–Trinajstić information content (AvgIpc) is 2.88. The Hall–Kier alpha value is -1.23. The number of nitrogens with zero attached hydrogens (tertiary/aromatic N) is 1. The van der Waals surface area contributed by atoms with Gasteiger partial charge >= 0.3 is 6.09 Å². The third-order valence-electron chi connectivity index (χ3n) is 4.62. The predicted octanol–water partition coefficient (Wildman–Crippen LogP) is 4.94. The van der Waals surface area contributed by atoms with Crippen molar-refractivity contribution in [2.24, 2.45) is 11.3 Å². The Kier molecular flexibility index (Phi) is 5.61. The molecule has 1 aliphatic heterocycles. The second kappa shape index (κ2) is 7.12. The number of carbonyl (C=O) groups is 1. The maximum absolute atomic E-state index is 11.5. The van der Waals surface area contributed by atoms with Gasteiger partial charge in [-0.15, -0.1) is 0 Å². The maximum atomic E-state index is 11.5. The number of carboxylic acid groups (broad SMARTS) is 1. The first-order valence-corrected chi connectivity index (χ1v) is 8.88. The number of likely N-dealkylation sites (tertiary alicyclic amines) is 1. The van der Waals surface area contributed by atoms with Crippen molar-refractivity contribution in [1.82, 2.24) is 4.90 Å². The number of halogens is 1. The molecule has 0 radical (unpaired) electrons. The highest BCUT2D eigenvalue weighted by atomic mass is 79.9. The van der Waals surface area contributed by atoms with E-state index >= 15 is 0 Å². The first-order valence-electron chi connectivity index (χ1n) is 8.09. The quantitative estimate of drug-likeness (QED) is 0.800. The molecular formula is C18H26BrNO3. The molecule has 2 atom stereocenters. The third-order valence-corrected chi connectivity index (χ3v) is 5.48. The van der Waals surface area contributed by atoms with E-state index < -0.39 is 6.09 Å². The molecule has 4 nitrogen and oxygen atoms in total. The van der Waals surface area contributed by atoms with Crippen LogP contribution >= 0.6 is 15.9 Å². The highest BCUT2D eigenvalue weighted by Crippen LogP contribution is 2.38. The molecule has 0 bridgehead atoms. The van der Waals surface area contributed by atoms with Crippen LogP contribution < -0.4 is 4.74 Å². The molecule has 1 aromatic rings. The minimum absolute atomic E-state index is 0.0483. The zero-order valence-corrected chi connectivity index (χ0v) is 15.9. The number of ether oxygens (including phenoxy) is 1. The van der Waals surface area contributed by atoms with Crippen LogP contribution in [0.4, 0.5) is 4.79 Å². The van der Waals surface area contributed by atoms with Crippen LogP contribution in [0.25, 0.3) is 0 Å². The van der Waals surface area contributed by atoms with E-state index in [1.807, 2.05) is 25.1 Å². The van der Waals surface area contributed by atoms with Gasteiger partial charge in [0.2, 0.25) is 0 Å². The maximum Gasteiger partial charge on any atom is 0.407 e. The second-order valence-electron chi connectivity index (χ2n) is 7.34. The third kappa shape index (κ3) is 4.19. The molecule has 1 saturated heterocycles. The van der Waals surface area contributed by atoms with Gasteiger partial charge in [0.15, 0.2) is 0 Å². The van der Waals surface area contributed by atoms with Crippen LogP contribution in [0.15, 0.2) is 22.7 Å². The van der Waals surface area contributed by atoms with Crippen LogP contribution in [0.3, 0.4) is 0 Å². The van der Waals surface area contributed by atoms with Crippen LogP contribution in [0.2, 0.25) is 0 Å². The molecule has 0 aliphatic carbocycles. The molecule has 5 heteroatoms. The van der Waals surface area contributed by atoms with E-state index in [4.69, 9.17) is 4.74 Å². The van der Waals surface area contributed by atoms with E-state index in [0.29, 0.717) is 19.1 Å². The van der Waals surface area contributed by atoms with E-state index in [9.17, 15) is 9.90 Å². The van der Waals surface area contributed by atoms with E-state index in [-0.39, 0.29) is 11.5 Å². The topological polar surface area (TPSA) is 49.8 Å². The van der Waals surface area contributed by atoms with Gasteiger partial charge in [-0.3, -0.25) is 0 Å². The zero-order valence-electron chi connectivity index (χ0n) is 14.3. The minimum atomic E-state index is -0.809. The van der Waals surface area contributed by atoms with E-state index in [2.05, 4.69) is 36.7 Å². The number of rotatable bonds is 4. The molecule has 1 aromatic carbocycles. The lowest BCUT2D eigenvalue weighted by Gasteiger charge is -2.37. The summed E-state index contributed by atoms with van der Waals surface area (Å²) in [5.41, 5.74) is 1.03. The number of benzene rings is 1. The van der Waals surface area contributed by atoms with Crippen molar-refractivity contribution in [2.75, 3.05) is 13.2 Å². The summed E-state index contributed by atoms with van der Waals surface area (Å²) in [6, 6.07) is 5.98. The number of hydrogen-bond donors (Lipinski definition) is 1. The van der Waals surface area contributed by atoms with Crippen LogP contribution in [0.1, 0.15) is 39.2 Å². The Labute approximate surface area is 147 Å². The minimum Gasteiger partial charge on any atom is -0.493 e. The van der Waals surface area contributed by atoms with Crippen molar-refractivity contribution < 1.29 is 14.6 Å². The molecule has 1 unspecified atom stereocenters. The van der Waals surface area contributed by atoms with Gasteiger partial charge in [-0.05, 0) is 43.2 Å². The summed E-state index contributed by atoms with van der Waals surface area (Å²) in [6.07, 6.45) is 0.975. The first kappa shape index (κ1) is 18.1. The summed E-state index contributed by atoms with van der Waals surface area (Å²) in [7, 11) is 0. The molecule has 128 valence electrons. The van der Waals surface area contributed by atoms with Crippen molar-refractivity contribution in [3.05, 3.63) is 28.2 Å². The van der Waals surface area contributed by atoms with Crippen molar-refractivity contribution in [2.45, 2.75) is 46.6 Å². The molecular weight excluding hydrogens is 358 g/mol. The largest absolute Gasteiger partial charge is 0.493 e. The van der Waals surface area contributed by atoms with Gasteiger partial charge in [0.1, 0.15) is 5.75 Å². The predicted molar refractivity (Wildman–Crippen MR) is 95.1 cm³/mol. The SMILES string of the molecule is Cc1c(Br)cccc1OCC[C@H]1CCN(C(=O)O)C1C(C)(C)C. The molecule has 1 heterocycles. The van der Waals surface area contributed by atoms with Crippen molar-refractivity contribution >= 4 is 22.0 Å². The summed E-state index contributed by atoms with van der Waals surface area (Å²) in [4.78, 5) is 13.1. The molecule has 0 saturated carbocycles. The summed E-state index contributed by atoms with van der Waals surface area (Å²) in [5.74, 6) is 1.23. The smallest absolute Gasteiger partial charge is 0.407 e. The molecule has 1 amide bonds. The van der Waals surface area contributed by atoms with E-state index in [0.717, 1.165) is 28.6 Å². The molecule has 1 aliphatic rings. The fraction of sp³-hybridized carbons (Fsp3) is 0.611. The van der Waals surface area contributed by atoms with Crippen LogP contribution in [-0.4, -0.2) is 35.3 Å². The highest BCUT2D eigenvalue weighted by molar-refractivity contribution is 9.10. The Bertz CT molecular complexity index is 568. The molecule has 2 rings (SSSR count). The lowest BCUT2D eigenvalue weighted by atomic mass is 9.78. The van der Waals surface area contributed by atoms with Crippen LogP contribution in [0.5, 0.6) is 5.75 Å². The average molecular weight is 384 g/mol. The van der Waals surface area contributed by atoms with Crippen LogP contribution in [0, 0.1) is 18.3 Å². The fourth-order valence-corrected chi connectivity index (χ4v) is 3.96. The summed E-state index contributed by atoms with van der Waals surface area (Å²) < 4.78 is 6.98. The van der Waals surface area contributed by atoms with Gasteiger partial charge in [0.05, 0.1) is 6.61 Å². The summed E-state index contributed by atoms with van der Waals surface area (Å²) in [6.45, 7) is 9.61. The molecule has 1 fully saturated rings. The number of amides is 1. The van der Waals surface area contributed by atoms with Gasteiger partial charge in [0, 0.05) is 22.6 Å². The van der Waals surface area contributed by atoms with Crippen LogP contribution in [-0.2, 0) is 0 Å². The molecule has 0 spiro atoms. The second-order valence-corrected chi connectivity index (χ2v) is 8.19. The standard InChI is InChI=1S/C18H26BrNO3/c1-12-14(19)6-5-7-15(12)23-11-9-13-8-10-20(17(21)22)16(13)18(2,3)4/h5-7,13,16H,8-11H2,1-4H3,(H,21,22)/t13-,16?/m1/s1. The van der Waals surface area contributed by atoms with Crippen molar-refractivity contribution in [3.63, 3.8) is 0 Å². The van der Waals surface area contributed by atoms with Crippen molar-refractivity contribution in [1.29, 1.82) is 0 Å². The van der Waals surface area contributed by atoms with Gasteiger partial charge in [-0.1, -0.05) is 42.8 Å². The Morgan fingerprint density at radius 3 is 2.74 bits per heavy atom. The Morgan fingerprint density at radius 1 is 1.43 bits per heavy atom. The van der Waals surface area contributed by atoms with Gasteiger partial charge < -0.3 is 14.7 Å². The Morgan fingerprint density at radius 2 is 2.13 bits per heavy atom. The Balaban J connectivity index is 1.99. The normalized spacial score (nSPS) is 21.5. The monoisotopic (exact) mass is 383 g/mol. The lowest BCUT2D eigenvalue weighted by molar-refractivity contribution is 0.0859. The van der Waals surface area contributed by atoms with Crippen molar-refractivity contribution in [3.8, 4) is 5.75 Å². The van der Waals surface area contributed by atoms with E-state index in [1.165, 1.54) is 0 Å². The fourth-order valence-electron chi connectivity index (χ4n) is 3.61. The first-order chi connectivity index (χ1) is 10.7. The van der Waals surface area contributed by atoms with Gasteiger partial charge in [-0.2, -0.15) is 0 Å².